The summed E-state index contributed by atoms with van der Waals surface area (Å²) < 4.78 is 0. The van der Waals surface area contributed by atoms with E-state index in [1.807, 2.05) is 60.7 Å². The topological polar surface area (TPSA) is 77.6 Å². The lowest BCUT2D eigenvalue weighted by atomic mass is 10.3. The Hall–Kier alpha value is -3.60. The summed E-state index contributed by atoms with van der Waals surface area (Å²) in [4.78, 5) is 15.7. The van der Waals surface area contributed by atoms with Gasteiger partial charge in [0.1, 0.15) is 11.5 Å². The van der Waals surface area contributed by atoms with Gasteiger partial charge in [-0.05, 0) is 60.7 Å². The van der Waals surface area contributed by atoms with Gasteiger partial charge in [-0.1, -0.05) is 0 Å². The molecule has 120 valence electrons. The average Bonchev–Trinajstić information content (AvgIpc) is 3.33. The van der Waals surface area contributed by atoms with E-state index in [1.54, 1.807) is 6.08 Å². The second-order valence-corrected chi connectivity index (χ2v) is 6.06. The number of hydrogen-bond acceptors (Lipinski definition) is 3. The summed E-state index contributed by atoms with van der Waals surface area (Å²) in [6.45, 7) is 0. The van der Waals surface area contributed by atoms with E-state index < -0.39 is 0 Å². The zero-order valence-corrected chi connectivity index (χ0v) is 13.2. The fourth-order valence-electron chi connectivity index (χ4n) is 3.00. The third kappa shape index (κ3) is 2.61. The molecule has 3 N–H and O–H groups in total. The number of hydrogen-bond donors (Lipinski definition) is 3. The summed E-state index contributed by atoms with van der Waals surface area (Å²) in [6.07, 6.45) is 5.64. The molecule has 0 atom stereocenters. The van der Waals surface area contributed by atoms with Crippen LogP contribution in [0.25, 0.3) is 46.1 Å². The molecular weight excluding hydrogens is 312 g/mol. The maximum absolute atomic E-state index is 10.1. The Bertz CT molecular complexity index is 1210. The second-order valence-electron chi connectivity index (χ2n) is 6.06. The second kappa shape index (κ2) is 5.21. The lowest BCUT2D eigenvalue weighted by Crippen LogP contribution is -1.78. The smallest absolute Gasteiger partial charge is 0.143 e. The summed E-state index contributed by atoms with van der Waals surface area (Å²) in [7, 11) is 0. The van der Waals surface area contributed by atoms with E-state index in [0.29, 0.717) is 11.4 Å². The molecule has 25 heavy (non-hydrogen) atoms. The molecule has 0 amide bonds. The molecule has 0 fully saturated rings. The molecule has 0 aliphatic carbocycles. The summed E-state index contributed by atoms with van der Waals surface area (Å²) in [6, 6.07) is 15.6. The maximum Gasteiger partial charge on any atom is 0.143 e. The van der Waals surface area contributed by atoms with Crippen molar-refractivity contribution >= 4 is 46.1 Å². The number of aliphatic hydroxyl groups is 1. The minimum absolute atomic E-state index is 0.163. The van der Waals surface area contributed by atoms with Crippen LogP contribution in [0.2, 0.25) is 0 Å². The molecular formula is C20H14N4O. The standard InChI is InChI=1S/C20H14N4O/c25-20-11-18-9-16-4-3-14(22-16)7-12-1-2-13(21-12)8-15-5-6-17(23-15)10-19(20)24-18/h1-11,22-23,25H. The molecule has 0 unspecified atom stereocenters. The zero-order chi connectivity index (χ0) is 16.8. The van der Waals surface area contributed by atoms with Crippen molar-refractivity contribution in [1.29, 1.82) is 0 Å². The molecule has 5 rings (SSSR count). The van der Waals surface area contributed by atoms with Crippen LogP contribution >= 0.6 is 0 Å². The van der Waals surface area contributed by atoms with Gasteiger partial charge in [-0.25, -0.2) is 9.97 Å². The van der Waals surface area contributed by atoms with Crippen LogP contribution in [-0.2, 0) is 0 Å². The van der Waals surface area contributed by atoms with Crippen molar-refractivity contribution in [3.63, 3.8) is 0 Å². The quantitative estimate of drug-likeness (QED) is 0.444. The van der Waals surface area contributed by atoms with Crippen LogP contribution in [0.15, 0.2) is 48.5 Å². The van der Waals surface area contributed by atoms with Crippen LogP contribution < -0.4 is 0 Å². The number of rotatable bonds is 0. The Balaban J connectivity index is 1.86. The summed E-state index contributed by atoms with van der Waals surface area (Å²) in [5, 5.41) is 10.1. The molecule has 2 aliphatic rings. The van der Waals surface area contributed by atoms with Crippen LogP contribution in [0.3, 0.4) is 0 Å². The molecule has 0 aromatic carbocycles. The largest absolute Gasteiger partial charge is 0.506 e. The summed E-state index contributed by atoms with van der Waals surface area (Å²) in [5.41, 5.74) is 6.74. The lowest BCUT2D eigenvalue weighted by Gasteiger charge is -1.88. The van der Waals surface area contributed by atoms with Crippen LogP contribution in [-0.4, -0.2) is 25.0 Å². The SMILES string of the molecule is OC1=Cc2cc3ccc(cc4nc(cc5ccc(cc1n2)[nH]5)C=C4)[nH]3. The van der Waals surface area contributed by atoms with E-state index in [4.69, 9.17) is 0 Å². The van der Waals surface area contributed by atoms with Gasteiger partial charge < -0.3 is 15.1 Å². The number of nitrogens with zero attached hydrogens (tertiary/aromatic N) is 2. The summed E-state index contributed by atoms with van der Waals surface area (Å²) in [5.74, 6) is 0.163. The van der Waals surface area contributed by atoms with Gasteiger partial charge in [0.2, 0.25) is 0 Å². The van der Waals surface area contributed by atoms with Crippen molar-refractivity contribution in [2.45, 2.75) is 0 Å². The molecule has 5 nitrogen and oxygen atoms in total. The van der Waals surface area contributed by atoms with E-state index in [2.05, 4.69) is 19.9 Å². The Kier molecular flexibility index (Phi) is 2.87. The van der Waals surface area contributed by atoms with Gasteiger partial charge in [-0.3, -0.25) is 0 Å². The van der Waals surface area contributed by atoms with Crippen LogP contribution in [0.5, 0.6) is 0 Å². The first-order valence-corrected chi connectivity index (χ1v) is 7.99. The van der Waals surface area contributed by atoms with Gasteiger partial charge in [0.05, 0.1) is 17.1 Å². The molecule has 5 heterocycles. The number of aliphatic hydroxyl groups excluding tert-OH is 1. The molecule has 0 spiro atoms. The highest BCUT2D eigenvalue weighted by atomic mass is 16.3. The number of H-pyrrole nitrogens is 2. The molecule has 0 radical (unpaired) electrons. The van der Waals surface area contributed by atoms with Gasteiger partial charge >= 0.3 is 0 Å². The van der Waals surface area contributed by atoms with Crippen LogP contribution in [0.4, 0.5) is 0 Å². The van der Waals surface area contributed by atoms with Crippen molar-refractivity contribution in [1.82, 2.24) is 19.9 Å². The van der Waals surface area contributed by atoms with E-state index in [1.165, 1.54) is 0 Å². The Labute approximate surface area is 143 Å². The Morgan fingerprint density at radius 2 is 1.16 bits per heavy atom. The third-order valence-corrected chi connectivity index (χ3v) is 4.14. The lowest BCUT2D eigenvalue weighted by molar-refractivity contribution is 0.515. The molecule has 8 bridgehead atoms. The first-order valence-electron chi connectivity index (χ1n) is 7.99. The predicted molar refractivity (Wildman–Crippen MR) is 100 cm³/mol. The van der Waals surface area contributed by atoms with Crippen molar-refractivity contribution < 1.29 is 5.11 Å². The minimum atomic E-state index is 0.163. The first-order chi connectivity index (χ1) is 12.2. The highest BCUT2D eigenvalue weighted by Gasteiger charge is 2.08. The van der Waals surface area contributed by atoms with E-state index in [9.17, 15) is 5.11 Å². The number of aromatic nitrogens is 4. The zero-order valence-electron chi connectivity index (χ0n) is 13.2. The Morgan fingerprint density at radius 1 is 0.640 bits per heavy atom. The molecule has 5 heteroatoms. The van der Waals surface area contributed by atoms with Crippen LogP contribution in [0, 0.1) is 0 Å². The molecule has 3 aromatic rings. The Morgan fingerprint density at radius 3 is 1.76 bits per heavy atom. The van der Waals surface area contributed by atoms with Crippen LogP contribution in [0.1, 0.15) is 22.8 Å². The van der Waals surface area contributed by atoms with Crippen molar-refractivity contribution in [2.75, 3.05) is 0 Å². The number of fused-ring (bicyclic) bond motifs is 8. The van der Waals surface area contributed by atoms with Gasteiger partial charge in [-0.2, -0.15) is 0 Å². The first kappa shape index (κ1) is 13.8. The van der Waals surface area contributed by atoms with Crippen molar-refractivity contribution in [3.05, 3.63) is 71.3 Å². The van der Waals surface area contributed by atoms with Gasteiger partial charge in [0.15, 0.2) is 0 Å². The molecule has 0 saturated heterocycles. The highest BCUT2D eigenvalue weighted by Crippen LogP contribution is 2.20. The summed E-state index contributed by atoms with van der Waals surface area (Å²) >= 11 is 0. The van der Waals surface area contributed by atoms with Gasteiger partial charge in [0.25, 0.3) is 0 Å². The third-order valence-electron chi connectivity index (χ3n) is 4.14. The molecule has 0 saturated carbocycles. The monoisotopic (exact) mass is 326 g/mol. The van der Waals surface area contributed by atoms with Gasteiger partial charge in [-0.15, -0.1) is 0 Å². The highest BCUT2D eigenvalue weighted by molar-refractivity contribution is 5.80. The van der Waals surface area contributed by atoms with E-state index in [-0.39, 0.29) is 5.76 Å². The normalized spacial score (nSPS) is 13.0. The fraction of sp³-hybridized carbons (Fsp3) is 0. The van der Waals surface area contributed by atoms with Crippen molar-refractivity contribution in [2.24, 2.45) is 0 Å². The number of aromatic amines is 2. The van der Waals surface area contributed by atoms with Crippen molar-refractivity contribution in [3.8, 4) is 0 Å². The minimum Gasteiger partial charge on any atom is -0.506 e. The average molecular weight is 326 g/mol. The van der Waals surface area contributed by atoms with Gasteiger partial charge in [0, 0.05) is 28.1 Å². The fourth-order valence-corrected chi connectivity index (χ4v) is 3.00. The van der Waals surface area contributed by atoms with E-state index in [0.717, 1.165) is 33.5 Å². The molecule has 3 aromatic heterocycles. The molecule has 2 aliphatic heterocycles. The maximum atomic E-state index is 10.1. The number of nitrogens with one attached hydrogen (secondary N) is 2. The van der Waals surface area contributed by atoms with E-state index >= 15 is 0 Å². The predicted octanol–water partition coefficient (Wildman–Crippen LogP) is 4.54.